The first kappa shape index (κ1) is 26.4. The molecule has 2 unspecified atom stereocenters. The average Bonchev–Trinajstić information content (AvgIpc) is 3.11. The number of benzene rings is 3. The third-order valence-corrected chi connectivity index (χ3v) is 7.44. The smallest absolute Gasteiger partial charge is 0.336 e. The van der Waals surface area contributed by atoms with Crippen LogP contribution in [0.15, 0.2) is 72.8 Å². The van der Waals surface area contributed by atoms with Crippen molar-refractivity contribution in [3.8, 4) is 11.8 Å². The lowest BCUT2D eigenvalue weighted by atomic mass is 9.81. The fraction of sp³-hybridized carbons (Fsp3) is 0.323. The second-order valence-corrected chi connectivity index (χ2v) is 10.5. The van der Waals surface area contributed by atoms with Gasteiger partial charge in [-0.15, -0.1) is 0 Å². The predicted molar refractivity (Wildman–Crippen MR) is 147 cm³/mol. The summed E-state index contributed by atoms with van der Waals surface area (Å²) in [5.41, 5.74) is 0.942. The highest BCUT2D eigenvalue weighted by Gasteiger charge is 2.60. The zero-order chi connectivity index (χ0) is 27.7. The highest BCUT2D eigenvalue weighted by Crippen LogP contribution is 2.44. The summed E-state index contributed by atoms with van der Waals surface area (Å²) in [6, 6.07) is 21.7. The number of ether oxygens (including phenoxy) is 1. The monoisotopic (exact) mass is 526 g/mol. The molecule has 0 aliphatic carbocycles. The van der Waals surface area contributed by atoms with Crippen LogP contribution >= 0.6 is 0 Å². The Hall–Kier alpha value is -4.22. The first-order chi connectivity index (χ1) is 18.7. The minimum Gasteiger partial charge on any atom is -0.491 e. The van der Waals surface area contributed by atoms with E-state index in [1.54, 1.807) is 30.3 Å². The molecule has 0 radical (unpaired) electrons. The maximum Gasteiger partial charge on any atom is 0.336 e. The molecule has 200 valence electrons. The first-order valence-corrected chi connectivity index (χ1v) is 13.2. The summed E-state index contributed by atoms with van der Waals surface area (Å²) in [5, 5.41) is 9.38. The molecule has 2 atom stereocenters. The number of anilines is 2. The quantitative estimate of drug-likeness (QED) is 0.375. The lowest BCUT2D eigenvalue weighted by molar-refractivity contribution is -0.123. The largest absolute Gasteiger partial charge is 0.491 e. The van der Waals surface area contributed by atoms with E-state index in [2.05, 4.69) is 24.0 Å². The van der Waals surface area contributed by atoms with E-state index in [0.29, 0.717) is 42.9 Å². The number of hydrogen-bond acceptors (Lipinski definition) is 5. The third kappa shape index (κ3) is 4.98. The molecule has 3 aromatic carbocycles. The van der Waals surface area contributed by atoms with E-state index in [1.807, 2.05) is 32.0 Å². The van der Waals surface area contributed by atoms with Crippen molar-refractivity contribution in [2.45, 2.75) is 57.8 Å². The number of halogens is 1. The second-order valence-electron chi connectivity index (χ2n) is 10.5. The highest BCUT2D eigenvalue weighted by atomic mass is 19.1. The number of imide groups is 1. The van der Waals surface area contributed by atoms with Crippen molar-refractivity contribution in [2.24, 2.45) is 0 Å². The van der Waals surface area contributed by atoms with Gasteiger partial charge in [-0.05, 0) is 87.7 Å². The molecule has 0 N–H and O–H groups in total. The molecule has 39 heavy (non-hydrogen) atoms. The van der Waals surface area contributed by atoms with Crippen LogP contribution in [0.5, 0.6) is 5.75 Å². The van der Waals surface area contributed by atoms with Crippen LogP contribution in [0.2, 0.25) is 0 Å². The van der Waals surface area contributed by atoms with Crippen LogP contribution in [0.3, 0.4) is 0 Å². The number of urea groups is 1. The van der Waals surface area contributed by atoms with Crippen molar-refractivity contribution < 1.29 is 18.7 Å². The minimum atomic E-state index is -1.17. The number of amides is 3. The summed E-state index contributed by atoms with van der Waals surface area (Å²) in [6.07, 6.45) is 0.838. The zero-order valence-corrected chi connectivity index (χ0v) is 22.3. The number of carbonyl (C=O) groups excluding carboxylic acids is 2. The van der Waals surface area contributed by atoms with Gasteiger partial charge >= 0.3 is 6.03 Å². The molecular formula is C31H31FN4O3. The number of hydrogen-bond donors (Lipinski definition) is 0. The van der Waals surface area contributed by atoms with Crippen molar-refractivity contribution in [1.82, 2.24) is 4.90 Å². The molecule has 1 spiro atoms. The number of rotatable bonds is 6. The Morgan fingerprint density at radius 1 is 1.05 bits per heavy atom. The van der Waals surface area contributed by atoms with Gasteiger partial charge in [0, 0.05) is 24.8 Å². The fourth-order valence-corrected chi connectivity index (χ4v) is 5.71. The summed E-state index contributed by atoms with van der Waals surface area (Å²) in [6.45, 7) is 7.26. The van der Waals surface area contributed by atoms with E-state index in [4.69, 9.17) is 4.74 Å². The van der Waals surface area contributed by atoms with E-state index in [0.717, 1.165) is 16.2 Å². The van der Waals surface area contributed by atoms with Crippen molar-refractivity contribution in [3.05, 3.63) is 89.7 Å². The van der Waals surface area contributed by atoms with Gasteiger partial charge in [-0.3, -0.25) is 14.6 Å². The molecule has 2 aliphatic rings. The molecule has 0 bridgehead atoms. The zero-order valence-electron chi connectivity index (χ0n) is 22.3. The van der Waals surface area contributed by atoms with Crippen molar-refractivity contribution in [2.75, 3.05) is 16.3 Å². The third-order valence-electron chi connectivity index (χ3n) is 7.44. The Morgan fingerprint density at radius 2 is 1.79 bits per heavy atom. The molecule has 3 amide bonds. The predicted octanol–water partition coefficient (Wildman–Crippen LogP) is 5.88. The number of nitrogens with zero attached hydrogens (tertiary/aromatic N) is 4. The Bertz CT molecular complexity index is 1450. The molecule has 2 heterocycles. The molecular weight excluding hydrogens is 495 g/mol. The van der Waals surface area contributed by atoms with Crippen molar-refractivity contribution in [1.29, 1.82) is 5.26 Å². The molecule has 2 aliphatic heterocycles. The SMILES string of the molecule is CC(C)Oc1cccc(CN2CCC3(CC2C)C(=O)N(c2cccc(C#N)c2)C(=O)N3c2cccc(F)c2)c1. The summed E-state index contributed by atoms with van der Waals surface area (Å²) >= 11 is 0. The first-order valence-electron chi connectivity index (χ1n) is 13.2. The molecule has 2 fully saturated rings. The Balaban J connectivity index is 1.47. The maximum absolute atomic E-state index is 14.3. The molecule has 5 rings (SSSR count). The topological polar surface area (TPSA) is 76.9 Å². The van der Waals surface area contributed by atoms with E-state index in [-0.39, 0.29) is 18.1 Å². The van der Waals surface area contributed by atoms with Gasteiger partial charge in [0.1, 0.15) is 17.1 Å². The highest BCUT2D eigenvalue weighted by molar-refractivity contribution is 6.30. The van der Waals surface area contributed by atoms with Gasteiger partial charge in [0.05, 0.1) is 23.4 Å². The van der Waals surface area contributed by atoms with Crippen LogP contribution < -0.4 is 14.5 Å². The van der Waals surface area contributed by atoms with Crippen LogP contribution in [0.4, 0.5) is 20.6 Å². The van der Waals surface area contributed by atoms with Gasteiger partial charge in [0.15, 0.2) is 0 Å². The van der Waals surface area contributed by atoms with E-state index in [1.165, 1.54) is 23.1 Å². The fourth-order valence-electron chi connectivity index (χ4n) is 5.71. The van der Waals surface area contributed by atoms with Crippen LogP contribution in [-0.2, 0) is 11.3 Å². The molecule has 3 aromatic rings. The van der Waals surface area contributed by atoms with Crippen molar-refractivity contribution in [3.63, 3.8) is 0 Å². The molecule has 2 saturated heterocycles. The molecule has 8 heteroatoms. The van der Waals surface area contributed by atoms with Crippen molar-refractivity contribution >= 4 is 23.3 Å². The summed E-state index contributed by atoms with van der Waals surface area (Å²) in [4.78, 5) is 33.0. The summed E-state index contributed by atoms with van der Waals surface area (Å²) in [5.74, 6) is -0.0276. The van der Waals surface area contributed by atoms with Crippen LogP contribution in [0.25, 0.3) is 0 Å². The van der Waals surface area contributed by atoms with Gasteiger partial charge in [-0.25, -0.2) is 14.1 Å². The van der Waals surface area contributed by atoms with E-state index >= 15 is 0 Å². The summed E-state index contributed by atoms with van der Waals surface area (Å²) in [7, 11) is 0. The number of nitriles is 1. The van der Waals surface area contributed by atoms with Gasteiger partial charge in [0.25, 0.3) is 5.91 Å². The molecule has 0 saturated carbocycles. The van der Waals surface area contributed by atoms with Crippen LogP contribution in [0, 0.1) is 17.1 Å². The van der Waals surface area contributed by atoms with E-state index < -0.39 is 17.4 Å². The molecule has 7 nitrogen and oxygen atoms in total. The van der Waals surface area contributed by atoms with Gasteiger partial charge in [-0.1, -0.05) is 24.3 Å². The lowest BCUT2D eigenvalue weighted by Crippen LogP contribution is -2.59. The van der Waals surface area contributed by atoms with Gasteiger partial charge in [0.2, 0.25) is 0 Å². The minimum absolute atomic E-state index is 0.0494. The Kier molecular flexibility index (Phi) is 7.11. The Morgan fingerprint density at radius 3 is 2.51 bits per heavy atom. The number of carbonyl (C=O) groups is 2. The lowest BCUT2D eigenvalue weighted by Gasteiger charge is -2.45. The Labute approximate surface area is 228 Å². The maximum atomic E-state index is 14.3. The summed E-state index contributed by atoms with van der Waals surface area (Å²) < 4.78 is 20.2. The molecule has 0 aromatic heterocycles. The van der Waals surface area contributed by atoms with Crippen LogP contribution in [0.1, 0.15) is 44.7 Å². The average molecular weight is 527 g/mol. The van der Waals surface area contributed by atoms with Gasteiger partial charge < -0.3 is 4.74 Å². The van der Waals surface area contributed by atoms with Gasteiger partial charge in [-0.2, -0.15) is 5.26 Å². The number of piperidine rings is 1. The normalized spacial score (nSPS) is 21.6. The van der Waals surface area contributed by atoms with E-state index in [9.17, 15) is 19.2 Å². The number of likely N-dealkylation sites (tertiary alicyclic amines) is 1. The second kappa shape index (κ2) is 10.5. The van der Waals surface area contributed by atoms with Crippen LogP contribution in [-0.4, -0.2) is 41.1 Å². The standard InChI is InChI=1S/C31H31FN4O3/c1-21(2)39-28-12-5-8-24(16-28)20-34-14-13-31(18-22(34)3)29(37)35(26-10-4-7-23(15-26)19-33)30(38)36(31)27-11-6-9-25(32)17-27/h4-12,15-17,21-22H,13-14,18,20H2,1-3H3.